The summed E-state index contributed by atoms with van der Waals surface area (Å²) in [5.41, 5.74) is 3.68. The maximum Gasteiger partial charge on any atom is 0.133 e. The molecule has 0 atom stereocenters. The van der Waals surface area contributed by atoms with Gasteiger partial charge in [-0.05, 0) is 32.6 Å². The second-order valence-corrected chi connectivity index (χ2v) is 4.52. The first-order chi connectivity index (χ1) is 7.77. The van der Waals surface area contributed by atoms with E-state index in [2.05, 4.69) is 21.9 Å². The molecule has 3 nitrogen and oxygen atoms in total. The number of fused-ring (bicyclic) bond motifs is 1. The number of nitrogens with one attached hydrogen (secondary N) is 1. The molecule has 1 aromatic rings. The molecule has 0 unspecified atom stereocenters. The molecular weight excluding hydrogens is 198 g/mol. The maximum absolute atomic E-state index is 4.39. The average Bonchev–Trinajstić information content (AvgIpc) is 2.51. The molecule has 0 aliphatic heterocycles. The summed E-state index contributed by atoms with van der Waals surface area (Å²) in [7, 11) is 0. The lowest BCUT2D eigenvalue weighted by Crippen LogP contribution is -2.09. The summed E-state index contributed by atoms with van der Waals surface area (Å²) >= 11 is 0. The van der Waals surface area contributed by atoms with Crippen molar-refractivity contribution in [2.75, 3.05) is 11.9 Å². The van der Waals surface area contributed by atoms with Gasteiger partial charge in [0.15, 0.2) is 0 Å². The molecule has 1 N–H and O–H groups in total. The molecule has 16 heavy (non-hydrogen) atoms. The minimum atomic E-state index is 0.795. The van der Waals surface area contributed by atoms with E-state index in [0.29, 0.717) is 0 Å². The Morgan fingerprint density at radius 1 is 1.31 bits per heavy atom. The molecule has 0 saturated heterocycles. The Morgan fingerprint density at radius 2 is 2.12 bits per heavy atom. The molecule has 1 aliphatic rings. The van der Waals surface area contributed by atoms with Crippen LogP contribution in [-0.4, -0.2) is 16.5 Å². The molecule has 3 heteroatoms. The van der Waals surface area contributed by atoms with Gasteiger partial charge < -0.3 is 5.32 Å². The van der Waals surface area contributed by atoms with Crippen molar-refractivity contribution in [3.05, 3.63) is 29.7 Å². The van der Waals surface area contributed by atoms with Crippen LogP contribution >= 0.6 is 0 Å². The summed E-state index contributed by atoms with van der Waals surface area (Å²) in [6.07, 6.45) is 7.68. The van der Waals surface area contributed by atoms with Crippen molar-refractivity contribution in [2.24, 2.45) is 0 Å². The van der Waals surface area contributed by atoms with Crippen LogP contribution in [0.3, 0.4) is 0 Å². The summed E-state index contributed by atoms with van der Waals surface area (Å²) in [5, 5.41) is 3.35. The number of anilines is 1. The largest absolute Gasteiger partial charge is 0.366 e. The summed E-state index contributed by atoms with van der Waals surface area (Å²) < 4.78 is 0. The van der Waals surface area contributed by atoms with Crippen LogP contribution in [0, 0.1) is 0 Å². The quantitative estimate of drug-likeness (QED) is 0.625. The van der Waals surface area contributed by atoms with E-state index in [4.69, 9.17) is 0 Å². The van der Waals surface area contributed by atoms with E-state index in [1.54, 1.807) is 6.33 Å². The zero-order chi connectivity index (χ0) is 11.4. The van der Waals surface area contributed by atoms with Crippen molar-refractivity contribution in [2.45, 2.75) is 39.0 Å². The Labute approximate surface area is 97.0 Å². The number of hydrogen-bond acceptors (Lipinski definition) is 3. The molecular formula is C13H19N3. The Kier molecular flexibility index (Phi) is 3.54. The molecule has 0 amide bonds. The number of hydrogen-bond donors (Lipinski definition) is 1. The third-order valence-electron chi connectivity index (χ3n) is 2.93. The highest BCUT2D eigenvalue weighted by Crippen LogP contribution is 2.23. The fourth-order valence-corrected chi connectivity index (χ4v) is 2.08. The number of nitrogens with zero attached hydrogens (tertiary/aromatic N) is 2. The highest BCUT2D eigenvalue weighted by atomic mass is 15.0. The molecule has 1 aromatic heterocycles. The van der Waals surface area contributed by atoms with Crippen molar-refractivity contribution in [3.63, 3.8) is 0 Å². The van der Waals surface area contributed by atoms with Crippen LogP contribution in [0.2, 0.25) is 0 Å². The second-order valence-electron chi connectivity index (χ2n) is 4.52. The fraction of sp³-hybridized carbons (Fsp3) is 0.538. The van der Waals surface area contributed by atoms with Gasteiger partial charge >= 0.3 is 0 Å². The first-order valence-corrected chi connectivity index (χ1v) is 5.98. The van der Waals surface area contributed by atoms with Crippen molar-refractivity contribution in [1.82, 2.24) is 9.97 Å². The van der Waals surface area contributed by atoms with Gasteiger partial charge in [-0.2, -0.15) is 0 Å². The zero-order valence-electron chi connectivity index (χ0n) is 9.92. The van der Waals surface area contributed by atoms with E-state index in [9.17, 15) is 0 Å². The van der Waals surface area contributed by atoms with Gasteiger partial charge in [-0.25, -0.2) is 9.97 Å². The van der Waals surface area contributed by atoms with Crippen LogP contribution in [0.5, 0.6) is 0 Å². The summed E-state index contributed by atoms with van der Waals surface area (Å²) in [4.78, 5) is 8.74. The molecule has 2 rings (SSSR count). The third kappa shape index (κ3) is 2.60. The van der Waals surface area contributed by atoms with Gasteiger partial charge in [-0.15, -0.1) is 0 Å². The smallest absolute Gasteiger partial charge is 0.133 e. The van der Waals surface area contributed by atoms with Crippen molar-refractivity contribution < 1.29 is 0 Å². The average molecular weight is 217 g/mol. The van der Waals surface area contributed by atoms with Gasteiger partial charge in [0, 0.05) is 17.8 Å². The van der Waals surface area contributed by atoms with Crippen molar-refractivity contribution >= 4 is 5.82 Å². The molecule has 0 spiro atoms. The van der Waals surface area contributed by atoms with Crippen LogP contribution < -0.4 is 5.32 Å². The predicted octanol–water partition coefficient (Wildman–Crippen LogP) is 2.73. The summed E-state index contributed by atoms with van der Waals surface area (Å²) in [5.74, 6) is 1.01. The highest BCUT2D eigenvalue weighted by Gasteiger charge is 2.13. The Hall–Kier alpha value is -1.38. The van der Waals surface area contributed by atoms with Gasteiger partial charge in [-0.3, -0.25) is 0 Å². The lowest BCUT2D eigenvalue weighted by atomic mass is 10.1. The molecule has 86 valence electrons. The normalized spacial score (nSPS) is 15.1. The second kappa shape index (κ2) is 5.10. The van der Waals surface area contributed by atoms with Crippen LogP contribution in [0.1, 0.15) is 37.4 Å². The molecule has 0 bridgehead atoms. The minimum absolute atomic E-state index is 0.795. The summed E-state index contributed by atoms with van der Waals surface area (Å²) in [6.45, 7) is 6.71. The summed E-state index contributed by atoms with van der Waals surface area (Å²) in [6, 6.07) is 0. The van der Waals surface area contributed by atoms with E-state index in [0.717, 1.165) is 30.8 Å². The van der Waals surface area contributed by atoms with E-state index in [1.165, 1.54) is 30.5 Å². The number of aryl methyl sites for hydroxylation is 1. The minimum Gasteiger partial charge on any atom is -0.366 e. The van der Waals surface area contributed by atoms with E-state index >= 15 is 0 Å². The third-order valence-corrected chi connectivity index (χ3v) is 2.93. The topological polar surface area (TPSA) is 37.8 Å². The van der Waals surface area contributed by atoms with Gasteiger partial charge in [0.1, 0.15) is 12.1 Å². The Balaban J connectivity index is 2.20. The van der Waals surface area contributed by atoms with E-state index in [-0.39, 0.29) is 0 Å². The molecule has 1 aliphatic carbocycles. The van der Waals surface area contributed by atoms with Crippen LogP contribution in [0.25, 0.3) is 0 Å². The Bertz CT molecular complexity index is 385. The van der Waals surface area contributed by atoms with Crippen molar-refractivity contribution in [3.8, 4) is 0 Å². The first kappa shape index (κ1) is 11.1. The van der Waals surface area contributed by atoms with Crippen LogP contribution in [0.4, 0.5) is 5.82 Å². The molecule has 1 heterocycles. The number of aromatic nitrogens is 2. The predicted molar refractivity (Wildman–Crippen MR) is 66.6 cm³/mol. The van der Waals surface area contributed by atoms with Gasteiger partial charge in [0.2, 0.25) is 0 Å². The first-order valence-electron chi connectivity index (χ1n) is 5.98. The van der Waals surface area contributed by atoms with Gasteiger partial charge in [0.25, 0.3) is 0 Å². The molecule has 0 aromatic carbocycles. The van der Waals surface area contributed by atoms with Crippen LogP contribution in [-0.2, 0) is 12.8 Å². The van der Waals surface area contributed by atoms with E-state index in [1.807, 2.05) is 6.92 Å². The number of rotatable bonds is 3. The maximum atomic E-state index is 4.39. The molecule has 0 saturated carbocycles. The van der Waals surface area contributed by atoms with Gasteiger partial charge in [0.05, 0.1) is 0 Å². The highest BCUT2D eigenvalue weighted by molar-refractivity contribution is 5.47. The van der Waals surface area contributed by atoms with E-state index < -0.39 is 0 Å². The lowest BCUT2D eigenvalue weighted by molar-refractivity contribution is 0.709. The van der Waals surface area contributed by atoms with Gasteiger partial charge in [-0.1, -0.05) is 18.6 Å². The fourth-order valence-electron chi connectivity index (χ4n) is 2.08. The zero-order valence-corrected chi connectivity index (χ0v) is 9.92. The van der Waals surface area contributed by atoms with Crippen LogP contribution in [0.15, 0.2) is 18.5 Å². The molecule has 0 radical (unpaired) electrons. The standard InChI is InChI=1S/C13H19N3/c1-10(2)8-14-13-11-6-4-3-5-7-12(11)15-9-16-13/h9H,1,3-8H2,2H3,(H,14,15,16). The SMILES string of the molecule is C=C(C)CNc1ncnc2c1CCCCC2. The lowest BCUT2D eigenvalue weighted by Gasteiger charge is -2.12. The monoisotopic (exact) mass is 217 g/mol. The Morgan fingerprint density at radius 3 is 2.94 bits per heavy atom. The molecule has 0 fully saturated rings. The van der Waals surface area contributed by atoms with Crippen molar-refractivity contribution in [1.29, 1.82) is 0 Å².